The molecule has 138 valence electrons. The van der Waals surface area contributed by atoms with E-state index in [1.54, 1.807) is 23.6 Å². The number of esters is 1. The summed E-state index contributed by atoms with van der Waals surface area (Å²) in [5.41, 5.74) is 1.60. The van der Waals surface area contributed by atoms with E-state index in [1.807, 2.05) is 18.2 Å². The first-order valence-electron chi connectivity index (χ1n) is 7.56. The predicted octanol–water partition coefficient (Wildman–Crippen LogP) is 5.67. The standard InChI is InChI=1S/C18H11BrCl2N2O3S/c19-10-5-6-14(21)12(7-10)17(25)26-8-16(24)23-18-22-15(9-27-18)11-3-1-2-4-13(11)20/h1-7,9H,8H2,(H,22,23,24). The minimum atomic E-state index is -0.688. The van der Waals surface area contributed by atoms with Gasteiger partial charge in [-0.2, -0.15) is 0 Å². The Bertz CT molecular complexity index is 1010. The lowest BCUT2D eigenvalue weighted by molar-refractivity contribution is -0.119. The van der Waals surface area contributed by atoms with Crippen LogP contribution in [0.4, 0.5) is 5.13 Å². The first kappa shape index (κ1) is 19.8. The van der Waals surface area contributed by atoms with E-state index in [0.717, 1.165) is 5.56 Å². The fourth-order valence-corrected chi connectivity index (χ4v) is 3.66. The summed E-state index contributed by atoms with van der Waals surface area (Å²) in [6, 6.07) is 12.1. The summed E-state index contributed by atoms with van der Waals surface area (Å²) in [6.07, 6.45) is 0. The van der Waals surface area contributed by atoms with Crippen molar-refractivity contribution in [2.24, 2.45) is 0 Å². The number of anilines is 1. The van der Waals surface area contributed by atoms with Crippen molar-refractivity contribution in [3.8, 4) is 11.3 Å². The molecule has 0 bridgehead atoms. The van der Waals surface area contributed by atoms with Crippen molar-refractivity contribution in [2.75, 3.05) is 11.9 Å². The summed E-state index contributed by atoms with van der Waals surface area (Å²) in [5, 5.41) is 5.57. The lowest BCUT2D eigenvalue weighted by Crippen LogP contribution is -2.21. The van der Waals surface area contributed by atoms with Crippen molar-refractivity contribution in [1.82, 2.24) is 4.98 Å². The zero-order valence-electron chi connectivity index (χ0n) is 13.5. The smallest absolute Gasteiger partial charge is 0.340 e. The Morgan fingerprint density at radius 2 is 1.93 bits per heavy atom. The summed E-state index contributed by atoms with van der Waals surface area (Å²) in [5.74, 6) is -1.19. The number of rotatable bonds is 5. The number of nitrogens with one attached hydrogen (secondary N) is 1. The van der Waals surface area contributed by atoms with Crippen LogP contribution >= 0.6 is 50.5 Å². The highest BCUT2D eigenvalue weighted by atomic mass is 79.9. The Hall–Kier alpha value is -1.93. The Kier molecular flexibility index (Phi) is 6.49. The molecule has 0 aliphatic heterocycles. The molecule has 3 aromatic rings. The topological polar surface area (TPSA) is 68.3 Å². The molecule has 2 aromatic carbocycles. The number of nitrogens with zero attached hydrogens (tertiary/aromatic N) is 1. The zero-order valence-corrected chi connectivity index (χ0v) is 17.5. The fourth-order valence-electron chi connectivity index (χ4n) is 2.14. The molecule has 1 N–H and O–H groups in total. The Morgan fingerprint density at radius 3 is 2.70 bits per heavy atom. The number of hydrogen-bond donors (Lipinski definition) is 1. The van der Waals surface area contributed by atoms with Gasteiger partial charge in [-0.15, -0.1) is 11.3 Å². The average molecular weight is 486 g/mol. The van der Waals surface area contributed by atoms with E-state index in [-0.39, 0.29) is 10.6 Å². The molecule has 9 heteroatoms. The molecule has 0 fully saturated rings. The van der Waals surface area contributed by atoms with Crippen LogP contribution in [0.3, 0.4) is 0 Å². The molecule has 0 radical (unpaired) electrons. The van der Waals surface area contributed by atoms with Crippen LogP contribution < -0.4 is 5.32 Å². The van der Waals surface area contributed by atoms with Gasteiger partial charge in [0.05, 0.1) is 16.3 Å². The van der Waals surface area contributed by atoms with Gasteiger partial charge in [0, 0.05) is 20.4 Å². The van der Waals surface area contributed by atoms with Crippen LogP contribution in [0.1, 0.15) is 10.4 Å². The van der Waals surface area contributed by atoms with Crippen LogP contribution in [0.15, 0.2) is 52.3 Å². The van der Waals surface area contributed by atoms with Crippen LogP contribution in [-0.4, -0.2) is 23.5 Å². The lowest BCUT2D eigenvalue weighted by atomic mass is 10.2. The maximum atomic E-state index is 12.1. The lowest BCUT2D eigenvalue weighted by Gasteiger charge is -2.06. The summed E-state index contributed by atoms with van der Waals surface area (Å²) >= 11 is 16.6. The first-order valence-corrected chi connectivity index (χ1v) is 9.99. The number of hydrogen-bond acceptors (Lipinski definition) is 5. The number of thiazole rings is 1. The number of benzene rings is 2. The van der Waals surface area contributed by atoms with Crippen LogP contribution in [0.5, 0.6) is 0 Å². The van der Waals surface area contributed by atoms with Crippen LogP contribution in [-0.2, 0) is 9.53 Å². The molecule has 1 aromatic heterocycles. The minimum Gasteiger partial charge on any atom is -0.452 e. The molecule has 1 amide bonds. The first-order chi connectivity index (χ1) is 12.9. The van der Waals surface area contributed by atoms with Gasteiger partial charge in [0.2, 0.25) is 0 Å². The van der Waals surface area contributed by atoms with Gasteiger partial charge in [-0.3, -0.25) is 10.1 Å². The molecule has 0 atom stereocenters. The van der Waals surface area contributed by atoms with E-state index < -0.39 is 18.5 Å². The quantitative estimate of drug-likeness (QED) is 0.472. The van der Waals surface area contributed by atoms with E-state index in [2.05, 4.69) is 26.2 Å². The zero-order chi connectivity index (χ0) is 19.4. The third-order valence-electron chi connectivity index (χ3n) is 3.38. The summed E-state index contributed by atoms with van der Waals surface area (Å²) < 4.78 is 5.69. The highest BCUT2D eigenvalue weighted by molar-refractivity contribution is 9.10. The number of aromatic nitrogens is 1. The largest absolute Gasteiger partial charge is 0.452 e. The van der Waals surface area contributed by atoms with Crippen molar-refractivity contribution in [2.45, 2.75) is 0 Å². The molecular weight excluding hydrogens is 475 g/mol. The molecule has 0 aliphatic carbocycles. The van der Waals surface area contributed by atoms with E-state index in [9.17, 15) is 9.59 Å². The Balaban J connectivity index is 1.59. The van der Waals surface area contributed by atoms with Crippen molar-refractivity contribution in [3.05, 3.63) is 67.9 Å². The number of ether oxygens (including phenoxy) is 1. The van der Waals surface area contributed by atoms with Crippen LogP contribution in [0.25, 0.3) is 11.3 Å². The van der Waals surface area contributed by atoms with Gasteiger partial charge in [-0.25, -0.2) is 9.78 Å². The summed E-state index contributed by atoms with van der Waals surface area (Å²) in [4.78, 5) is 28.4. The third kappa shape index (κ3) is 5.07. The Labute approximate surface area is 177 Å². The molecule has 0 aliphatic rings. The van der Waals surface area contributed by atoms with Gasteiger partial charge in [0.25, 0.3) is 5.91 Å². The molecule has 0 unspecified atom stereocenters. The number of carbonyl (C=O) groups excluding carboxylic acids is 2. The third-order valence-corrected chi connectivity index (χ3v) is 5.29. The van der Waals surface area contributed by atoms with Gasteiger partial charge < -0.3 is 4.74 Å². The fraction of sp³-hybridized carbons (Fsp3) is 0.0556. The Morgan fingerprint density at radius 1 is 1.15 bits per heavy atom. The summed E-state index contributed by atoms with van der Waals surface area (Å²) in [7, 11) is 0. The van der Waals surface area contributed by atoms with Crippen molar-refractivity contribution < 1.29 is 14.3 Å². The monoisotopic (exact) mass is 484 g/mol. The second-order valence-electron chi connectivity index (χ2n) is 5.27. The van der Waals surface area contributed by atoms with E-state index in [4.69, 9.17) is 27.9 Å². The maximum Gasteiger partial charge on any atom is 0.340 e. The van der Waals surface area contributed by atoms with Gasteiger partial charge in [0.1, 0.15) is 0 Å². The number of carbonyl (C=O) groups is 2. The van der Waals surface area contributed by atoms with Gasteiger partial charge >= 0.3 is 5.97 Å². The molecule has 0 spiro atoms. The molecular formula is C18H11BrCl2N2O3S. The maximum absolute atomic E-state index is 12.1. The molecule has 1 heterocycles. The molecule has 5 nitrogen and oxygen atoms in total. The molecule has 27 heavy (non-hydrogen) atoms. The van der Waals surface area contributed by atoms with Crippen molar-refractivity contribution in [1.29, 1.82) is 0 Å². The normalized spacial score (nSPS) is 10.5. The molecule has 3 rings (SSSR count). The average Bonchev–Trinajstić information content (AvgIpc) is 3.10. The van der Waals surface area contributed by atoms with Gasteiger partial charge in [-0.05, 0) is 24.3 Å². The molecule has 0 saturated heterocycles. The van der Waals surface area contributed by atoms with Crippen molar-refractivity contribution in [3.63, 3.8) is 0 Å². The van der Waals surface area contributed by atoms with E-state index in [0.29, 0.717) is 20.3 Å². The highest BCUT2D eigenvalue weighted by Crippen LogP contribution is 2.30. The number of halogens is 3. The van der Waals surface area contributed by atoms with Gasteiger partial charge in [0.15, 0.2) is 11.7 Å². The van der Waals surface area contributed by atoms with Crippen LogP contribution in [0.2, 0.25) is 10.0 Å². The highest BCUT2D eigenvalue weighted by Gasteiger charge is 2.15. The summed E-state index contributed by atoms with van der Waals surface area (Å²) in [6.45, 7) is -0.456. The van der Waals surface area contributed by atoms with Crippen molar-refractivity contribution >= 4 is 67.5 Å². The van der Waals surface area contributed by atoms with Gasteiger partial charge in [-0.1, -0.05) is 57.3 Å². The molecule has 0 saturated carbocycles. The van der Waals surface area contributed by atoms with E-state index >= 15 is 0 Å². The minimum absolute atomic E-state index is 0.175. The van der Waals surface area contributed by atoms with E-state index in [1.165, 1.54) is 17.4 Å². The SMILES string of the molecule is O=C(COC(=O)c1cc(Br)ccc1Cl)Nc1nc(-c2ccccc2Cl)cs1. The predicted molar refractivity (Wildman–Crippen MR) is 111 cm³/mol. The van der Waals surface area contributed by atoms with Crippen LogP contribution in [0, 0.1) is 0 Å². The second kappa shape index (κ2) is 8.84. The second-order valence-corrected chi connectivity index (χ2v) is 7.85. The number of amides is 1.